The van der Waals surface area contributed by atoms with E-state index in [0.717, 1.165) is 16.8 Å². The molecule has 23 heavy (non-hydrogen) atoms. The topological polar surface area (TPSA) is 43.4 Å². The molecule has 3 heteroatoms. The van der Waals surface area contributed by atoms with Crippen LogP contribution in [0.4, 0.5) is 0 Å². The summed E-state index contributed by atoms with van der Waals surface area (Å²) in [4.78, 5) is 23.7. The second kappa shape index (κ2) is 6.71. The maximum absolute atomic E-state index is 11.9. The van der Waals surface area contributed by atoms with E-state index in [-0.39, 0.29) is 5.78 Å². The van der Waals surface area contributed by atoms with Crippen molar-refractivity contribution in [3.05, 3.63) is 90.5 Å². The van der Waals surface area contributed by atoms with Crippen molar-refractivity contribution < 1.29 is 14.3 Å². The number of rotatable bonds is 4. The third kappa shape index (κ3) is 3.71. The molecule has 0 aliphatic rings. The van der Waals surface area contributed by atoms with Crippen molar-refractivity contribution in [1.82, 2.24) is 0 Å². The van der Waals surface area contributed by atoms with E-state index in [0.29, 0.717) is 11.3 Å². The summed E-state index contributed by atoms with van der Waals surface area (Å²) in [6.45, 7) is 0. The predicted octanol–water partition coefficient (Wildman–Crippen LogP) is 4.18. The zero-order valence-corrected chi connectivity index (χ0v) is 12.3. The number of fused-ring (bicyclic) bond motifs is 1. The second-order valence-electron chi connectivity index (χ2n) is 4.99. The molecule has 0 atom stereocenters. The standard InChI is InChI=1S/C20H14O3/c21-19(16-7-2-1-3-8-16)12-13-20(22)23-18-11-10-15-6-4-5-9-17(15)14-18/h1-14H. The van der Waals surface area contributed by atoms with Gasteiger partial charge in [-0.2, -0.15) is 0 Å². The first-order valence-corrected chi connectivity index (χ1v) is 7.20. The Morgan fingerprint density at radius 2 is 1.43 bits per heavy atom. The molecule has 0 amide bonds. The zero-order valence-electron chi connectivity index (χ0n) is 12.3. The maximum atomic E-state index is 11.9. The molecule has 0 heterocycles. The summed E-state index contributed by atoms with van der Waals surface area (Å²) in [5.74, 6) is -0.365. The summed E-state index contributed by atoms with van der Waals surface area (Å²) in [5, 5.41) is 2.06. The molecular weight excluding hydrogens is 288 g/mol. The van der Waals surface area contributed by atoms with Gasteiger partial charge < -0.3 is 4.74 Å². The lowest BCUT2D eigenvalue weighted by Crippen LogP contribution is -2.05. The number of esters is 1. The van der Waals surface area contributed by atoms with Gasteiger partial charge in [0, 0.05) is 11.6 Å². The normalized spacial score (nSPS) is 10.8. The van der Waals surface area contributed by atoms with Gasteiger partial charge in [-0.25, -0.2) is 4.79 Å². The molecule has 0 N–H and O–H groups in total. The Labute approximate surface area is 133 Å². The Morgan fingerprint density at radius 3 is 2.22 bits per heavy atom. The second-order valence-corrected chi connectivity index (χ2v) is 4.99. The van der Waals surface area contributed by atoms with Crippen LogP contribution in [-0.2, 0) is 4.79 Å². The molecular formula is C20H14O3. The fraction of sp³-hybridized carbons (Fsp3) is 0. The number of allylic oxidation sites excluding steroid dienone is 1. The predicted molar refractivity (Wildman–Crippen MR) is 89.5 cm³/mol. The quantitative estimate of drug-likeness (QED) is 0.314. The number of ketones is 1. The highest BCUT2D eigenvalue weighted by Crippen LogP contribution is 2.20. The summed E-state index contributed by atoms with van der Waals surface area (Å²) in [7, 11) is 0. The van der Waals surface area contributed by atoms with Crippen molar-refractivity contribution in [1.29, 1.82) is 0 Å². The minimum atomic E-state index is -0.579. The maximum Gasteiger partial charge on any atom is 0.336 e. The Morgan fingerprint density at radius 1 is 0.739 bits per heavy atom. The van der Waals surface area contributed by atoms with E-state index in [2.05, 4.69) is 0 Å². The van der Waals surface area contributed by atoms with Crippen LogP contribution in [0.5, 0.6) is 5.75 Å². The van der Waals surface area contributed by atoms with Crippen LogP contribution in [-0.4, -0.2) is 11.8 Å². The van der Waals surface area contributed by atoms with Gasteiger partial charge in [0.15, 0.2) is 5.78 Å². The number of carbonyl (C=O) groups excluding carboxylic acids is 2. The van der Waals surface area contributed by atoms with Gasteiger partial charge >= 0.3 is 5.97 Å². The van der Waals surface area contributed by atoms with Crippen molar-refractivity contribution >= 4 is 22.5 Å². The first-order chi connectivity index (χ1) is 11.2. The van der Waals surface area contributed by atoms with Gasteiger partial charge in [0.05, 0.1) is 0 Å². The number of carbonyl (C=O) groups is 2. The average Bonchev–Trinajstić information content (AvgIpc) is 2.60. The molecule has 0 unspecified atom stereocenters. The van der Waals surface area contributed by atoms with E-state index in [1.165, 1.54) is 6.08 Å². The fourth-order valence-electron chi connectivity index (χ4n) is 2.22. The largest absolute Gasteiger partial charge is 0.423 e. The van der Waals surface area contributed by atoms with Crippen LogP contribution < -0.4 is 4.74 Å². The van der Waals surface area contributed by atoms with E-state index >= 15 is 0 Å². The molecule has 3 rings (SSSR count). The Balaban J connectivity index is 1.68. The van der Waals surface area contributed by atoms with E-state index in [1.807, 2.05) is 36.4 Å². The van der Waals surface area contributed by atoms with Gasteiger partial charge in [0.25, 0.3) is 0 Å². The lowest BCUT2D eigenvalue weighted by Gasteiger charge is -2.03. The molecule has 0 radical (unpaired) electrons. The average molecular weight is 302 g/mol. The van der Waals surface area contributed by atoms with Gasteiger partial charge in [-0.1, -0.05) is 60.7 Å². The van der Waals surface area contributed by atoms with Crippen molar-refractivity contribution in [2.75, 3.05) is 0 Å². The minimum absolute atomic E-state index is 0.235. The molecule has 112 valence electrons. The van der Waals surface area contributed by atoms with Crippen LogP contribution >= 0.6 is 0 Å². The number of benzene rings is 3. The Hall–Kier alpha value is -3.20. The molecule has 0 bridgehead atoms. The van der Waals surface area contributed by atoms with E-state index in [1.54, 1.807) is 36.4 Å². The molecule has 0 fully saturated rings. The number of hydrogen-bond acceptors (Lipinski definition) is 3. The summed E-state index contributed by atoms with van der Waals surface area (Å²) in [5.41, 5.74) is 0.530. The molecule has 3 aromatic carbocycles. The fourth-order valence-corrected chi connectivity index (χ4v) is 2.22. The van der Waals surface area contributed by atoms with Crippen molar-refractivity contribution in [3.8, 4) is 5.75 Å². The summed E-state index contributed by atoms with van der Waals surface area (Å²) in [6.07, 6.45) is 2.36. The first kappa shape index (κ1) is 14.7. The highest BCUT2D eigenvalue weighted by atomic mass is 16.5. The SMILES string of the molecule is O=C(C=CC(=O)c1ccccc1)Oc1ccc2ccccc2c1. The van der Waals surface area contributed by atoms with Crippen LogP contribution in [0, 0.1) is 0 Å². The third-order valence-electron chi connectivity index (χ3n) is 3.37. The van der Waals surface area contributed by atoms with Gasteiger partial charge in [-0.05, 0) is 29.0 Å². The molecule has 3 aromatic rings. The summed E-state index contributed by atoms with van der Waals surface area (Å²) < 4.78 is 5.23. The zero-order chi connectivity index (χ0) is 16.1. The highest BCUT2D eigenvalue weighted by Gasteiger charge is 2.04. The van der Waals surface area contributed by atoms with Crippen molar-refractivity contribution in [2.24, 2.45) is 0 Å². The summed E-state index contributed by atoms with van der Waals surface area (Å²) in [6, 6.07) is 22.0. The first-order valence-electron chi connectivity index (χ1n) is 7.20. The lowest BCUT2D eigenvalue weighted by atomic mass is 10.1. The monoisotopic (exact) mass is 302 g/mol. The number of hydrogen-bond donors (Lipinski definition) is 0. The Bertz CT molecular complexity index is 880. The molecule has 0 aliphatic carbocycles. The molecule has 0 saturated carbocycles. The van der Waals surface area contributed by atoms with E-state index in [4.69, 9.17) is 4.74 Å². The van der Waals surface area contributed by atoms with Crippen molar-refractivity contribution in [2.45, 2.75) is 0 Å². The van der Waals surface area contributed by atoms with Crippen molar-refractivity contribution in [3.63, 3.8) is 0 Å². The van der Waals surface area contributed by atoms with Gasteiger partial charge in [0.2, 0.25) is 0 Å². The smallest absolute Gasteiger partial charge is 0.336 e. The third-order valence-corrected chi connectivity index (χ3v) is 3.37. The van der Waals surface area contributed by atoms with Gasteiger partial charge in [-0.3, -0.25) is 4.79 Å². The van der Waals surface area contributed by atoms with Crippen LogP contribution in [0.1, 0.15) is 10.4 Å². The van der Waals surface area contributed by atoms with Crippen LogP contribution in [0.25, 0.3) is 10.8 Å². The Kier molecular flexibility index (Phi) is 4.29. The number of ether oxygens (including phenoxy) is 1. The summed E-state index contributed by atoms with van der Waals surface area (Å²) >= 11 is 0. The highest BCUT2D eigenvalue weighted by molar-refractivity contribution is 6.07. The van der Waals surface area contributed by atoms with Crippen LogP contribution in [0.3, 0.4) is 0 Å². The molecule has 0 spiro atoms. The van der Waals surface area contributed by atoms with Gasteiger partial charge in [-0.15, -0.1) is 0 Å². The molecule has 3 nitrogen and oxygen atoms in total. The minimum Gasteiger partial charge on any atom is -0.423 e. The lowest BCUT2D eigenvalue weighted by molar-refractivity contribution is -0.129. The van der Waals surface area contributed by atoms with E-state index in [9.17, 15) is 9.59 Å². The molecule has 0 aromatic heterocycles. The van der Waals surface area contributed by atoms with Crippen LogP contribution in [0.2, 0.25) is 0 Å². The van der Waals surface area contributed by atoms with E-state index < -0.39 is 5.97 Å². The molecule has 0 aliphatic heterocycles. The van der Waals surface area contributed by atoms with Gasteiger partial charge in [0.1, 0.15) is 5.75 Å². The van der Waals surface area contributed by atoms with Crippen LogP contribution in [0.15, 0.2) is 84.9 Å². The molecule has 0 saturated heterocycles.